The highest BCUT2D eigenvalue weighted by Gasteiger charge is 2.19. The van der Waals surface area contributed by atoms with Gasteiger partial charge in [-0.25, -0.2) is 18.9 Å². The lowest BCUT2D eigenvalue weighted by molar-refractivity contribution is 0.0932. The number of rotatable bonds is 0. The number of nitrogens with one attached hydrogen (secondary N) is 2. The number of carbonyl (C=O) groups is 1. The zero-order chi connectivity index (χ0) is 18.3. The normalized spacial score (nSPS) is 17.3. The molecule has 1 atom stereocenters. The van der Waals surface area contributed by atoms with Gasteiger partial charge in [0.1, 0.15) is 17.5 Å². The predicted molar refractivity (Wildman–Crippen MR) is 88.6 cm³/mol. The summed E-state index contributed by atoms with van der Waals surface area (Å²) in [6.45, 7) is 2.10. The number of ether oxygens (including phenoxy) is 1. The van der Waals surface area contributed by atoms with E-state index < -0.39 is 11.9 Å². The molecule has 0 unspecified atom stereocenters. The predicted octanol–water partition coefficient (Wildman–Crippen LogP) is 1.09. The maximum Gasteiger partial charge on any atom is 0.256 e. The smallest absolute Gasteiger partial charge is 0.256 e. The summed E-state index contributed by atoms with van der Waals surface area (Å²) < 4.78 is 20.6. The molecule has 0 fully saturated rings. The van der Waals surface area contributed by atoms with E-state index in [4.69, 9.17) is 4.74 Å². The quantitative estimate of drug-likeness (QED) is 0.551. The molecule has 1 aliphatic heterocycles. The highest BCUT2D eigenvalue weighted by molar-refractivity contribution is 5.99. The molecule has 0 radical (unpaired) electrons. The molecular weight excluding hydrogens is 343 g/mol. The van der Waals surface area contributed by atoms with Crippen molar-refractivity contribution in [2.75, 3.05) is 11.9 Å². The Bertz CT molecular complexity index is 1010. The van der Waals surface area contributed by atoms with Gasteiger partial charge in [0, 0.05) is 12.1 Å². The second kappa shape index (κ2) is 6.14. The first kappa shape index (κ1) is 16.1. The van der Waals surface area contributed by atoms with Crippen molar-refractivity contribution in [3.8, 4) is 11.6 Å². The van der Waals surface area contributed by atoms with Crippen molar-refractivity contribution in [2.45, 2.75) is 19.6 Å². The van der Waals surface area contributed by atoms with Gasteiger partial charge in [-0.1, -0.05) is 0 Å². The molecule has 0 saturated heterocycles. The molecule has 134 valence electrons. The Morgan fingerprint density at radius 3 is 3.08 bits per heavy atom. The second-order valence-electron chi connectivity index (χ2n) is 5.91. The lowest BCUT2D eigenvalue weighted by Gasteiger charge is -2.17. The van der Waals surface area contributed by atoms with E-state index in [0.717, 1.165) is 6.20 Å². The molecule has 3 aromatic heterocycles. The molecule has 10 heteroatoms. The highest BCUT2D eigenvalue weighted by Crippen LogP contribution is 2.25. The van der Waals surface area contributed by atoms with Crippen LogP contribution in [-0.2, 0) is 6.54 Å². The van der Waals surface area contributed by atoms with E-state index in [2.05, 4.69) is 25.7 Å². The molecule has 3 N–H and O–H groups in total. The Hall–Kier alpha value is -3.43. The van der Waals surface area contributed by atoms with E-state index >= 15 is 0 Å². The van der Waals surface area contributed by atoms with Gasteiger partial charge < -0.3 is 20.5 Å². The number of pyridine rings is 1. The third-order valence-electron chi connectivity index (χ3n) is 3.92. The van der Waals surface area contributed by atoms with E-state index in [-0.39, 0.29) is 47.7 Å². The Labute approximate surface area is 146 Å². The van der Waals surface area contributed by atoms with Gasteiger partial charge in [0.2, 0.25) is 5.88 Å². The zero-order valence-corrected chi connectivity index (χ0v) is 13.7. The van der Waals surface area contributed by atoms with Crippen LogP contribution in [0.2, 0.25) is 0 Å². The van der Waals surface area contributed by atoms with Gasteiger partial charge in [-0.3, -0.25) is 4.79 Å². The number of nitrogens with zero attached hydrogens (tertiary/aromatic N) is 4. The molecule has 1 amide bonds. The average molecular weight is 358 g/mol. The van der Waals surface area contributed by atoms with Crippen LogP contribution in [-0.4, -0.2) is 43.2 Å². The van der Waals surface area contributed by atoms with Crippen molar-refractivity contribution in [1.82, 2.24) is 24.9 Å². The molecular formula is C16H15FN6O3. The number of aromatic hydroxyl groups is 1. The van der Waals surface area contributed by atoms with Crippen molar-refractivity contribution < 1.29 is 19.0 Å². The highest BCUT2D eigenvalue weighted by atomic mass is 19.1. The van der Waals surface area contributed by atoms with Crippen LogP contribution >= 0.6 is 0 Å². The monoisotopic (exact) mass is 358 g/mol. The molecule has 1 aliphatic rings. The fraction of sp³-hybridized carbons (Fsp3) is 0.250. The fourth-order valence-corrected chi connectivity index (χ4v) is 2.64. The summed E-state index contributed by atoms with van der Waals surface area (Å²) in [4.78, 5) is 20.6. The minimum atomic E-state index is -0.509. The number of halogens is 1. The number of anilines is 1. The first-order valence-corrected chi connectivity index (χ1v) is 7.92. The fourth-order valence-electron chi connectivity index (χ4n) is 2.64. The average Bonchev–Trinajstić information content (AvgIpc) is 3.01. The topological polar surface area (TPSA) is 114 Å². The van der Waals surface area contributed by atoms with E-state index in [1.54, 1.807) is 6.92 Å². The van der Waals surface area contributed by atoms with Gasteiger partial charge >= 0.3 is 0 Å². The van der Waals surface area contributed by atoms with E-state index in [1.807, 2.05) is 0 Å². The van der Waals surface area contributed by atoms with E-state index in [9.17, 15) is 14.3 Å². The first-order chi connectivity index (χ1) is 12.5. The Morgan fingerprint density at radius 1 is 1.38 bits per heavy atom. The van der Waals surface area contributed by atoms with Crippen molar-refractivity contribution >= 4 is 17.4 Å². The van der Waals surface area contributed by atoms with Gasteiger partial charge in [0.05, 0.1) is 25.1 Å². The van der Waals surface area contributed by atoms with Crippen LogP contribution in [0.15, 0.2) is 24.7 Å². The Morgan fingerprint density at radius 2 is 2.23 bits per heavy atom. The molecule has 4 heterocycles. The molecule has 0 saturated carbocycles. The number of aromatic nitrogens is 4. The van der Waals surface area contributed by atoms with E-state index in [1.165, 1.54) is 23.0 Å². The van der Waals surface area contributed by atoms with Gasteiger partial charge in [0.25, 0.3) is 5.91 Å². The molecule has 2 bridgehead atoms. The molecule has 0 aliphatic carbocycles. The van der Waals surface area contributed by atoms with Crippen LogP contribution in [0.25, 0.3) is 5.65 Å². The Kier molecular flexibility index (Phi) is 3.79. The van der Waals surface area contributed by atoms with Crippen molar-refractivity contribution in [3.63, 3.8) is 0 Å². The largest absolute Gasteiger partial charge is 0.503 e. The van der Waals surface area contributed by atoms with Crippen LogP contribution < -0.4 is 15.4 Å². The van der Waals surface area contributed by atoms with Crippen LogP contribution in [0.3, 0.4) is 0 Å². The summed E-state index contributed by atoms with van der Waals surface area (Å²) in [5.41, 5.74) is 1.01. The summed E-state index contributed by atoms with van der Waals surface area (Å²) in [6, 6.07) is 1.29. The molecule has 0 spiro atoms. The number of amides is 1. The SMILES string of the molecule is C[C@H]1CNC(=O)c2cnn3cc(O)c(nc23)NCc2cc(F)cnc2O1. The molecule has 26 heavy (non-hydrogen) atoms. The van der Waals surface area contributed by atoms with Crippen molar-refractivity contribution in [3.05, 3.63) is 41.6 Å². The third kappa shape index (κ3) is 2.85. The van der Waals surface area contributed by atoms with Gasteiger partial charge in [-0.15, -0.1) is 0 Å². The summed E-state index contributed by atoms with van der Waals surface area (Å²) in [5, 5.41) is 19.8. The molecule has 4 rings (SSSR count). The Balaban J connectivity index is 1.81. The number of hydrogen-bond acceptors (Lipinski definition) is 7. The molecule has 3 aromatic rings. The van der Waals surface area contributed by atoms with Crippen LogP contribution in [0.5, 0.6) is 11.6 Å². The standard InChI is InChI=1S/C16H15FN6O3/c1-8-3-19-15(25)11-6-21-23-7-12(24)13(22-14(11)23)18-4-9-2-10(17)5-20-16(9)26-8/h2,5-8,24H,3-4H2,1H3,(H,18,22)(H,19,25)/t8-/m0/s1. The lowest BCUT2D eigenvalue weighted by atomic mass is 10.2. The van der Waals surface area contributed by atoms with Gasteiger partial charge in [-0.2, -0.15) is 5.10 Å². The second-order valence-corrected chi connectivity index (χ2v) is 5.91. The number of fused-ring (bicyclic) bond motifs is 2. The number of carbonyl (C=O) groups excluding carboxylic acids is 1. The summed E-state index contributed by atoms with van der Waals surface area (Å²) in [7, 11) is 0. The molecule has 0 aromatic carbocycles. The number of hydrogen-bond donors (Lipinski definition) is 3. The van der Waals surface area contributed by atoms with Gasteiger partial charge in [-0.05, 0) is 13.0 Å². The maximum absolute atomic E-state index is 13.6. The summed E-state index contributed by atoms with van der Waals surface area (Å²) in [6.07, 6.45) is 3.37. The minimum absolute atomic E-state index is 0.119. The minimum Gasteiger partial charge on any atom is -0.503 e. The van der Waals surface area contributed by atoms with Crippen LogP contribution in [0.4, 0.5) is 10.2 Å². The third-order valence-corrected chi connectivity index (χ3v) is 3.92. The van der Waals surface area contributed by atoms with Crippen LogP contribution in [0, 0.1) is 5.82 Å². The van der Waals surface area contributed by atoms with Crippen LogP contribution in [0.1, 0.15) is 22.8 Å². The zero-order valence-electron chi connectivity index (χ0n) is 13.7. The molecule has 9 nitrogen and oxygen atoms in total. The van der Waals surface area contributed by atoms with Crippen molar-refractivity contribution in [1.29, 1.82) is 0 Å². The lowest BCUT2D eigenvalue weighted by Crippen LogP contribution is -2.33. The summed E-state index contributed by atoms with van der Waals surface area (Å²) >= 11 is 0. The summed E-state index contributed by atoms with van der Waals surface area (Å²) in [5.74, 6) is -0.670. The van der Waals surface area contributed by atoms with E-state index in [0.29, 0.717) is 5.56 Å². The first-order valence-electron chi connectivity index (χ1n) is 7.92. The van der Waals surface area contributed by atoms with Gasteiger partial charge in [0.15, 0.2) is 17.2 Å². The van der Waals surface area contributed by atoms with Crippen molar-refractivity contribution in [2.24, 2.45) is 0 Å². The maximum atomic E-state index is 13.6.